The van der Waals surface area contributed by atoms with Gasteiger partial charge in [-0.2, -0.15) is 0 Å². The molecule has 0 bridgehead atoms. The first kappa shape index (κ1) is 21.1. The molecule has 9 heteroatoms. The molecule has 2 atom stereocenters. The molecule has 3 aliphatic rings. The number of thiazole rings is 1. The first-order chi connectivity index (χ1) is 15.5. The van der Waals surface area contributed by atoms with E-state index in [1.807, 2.05) is 36.1 Å². The van der Waals surface area contributed by atoms with Gasteiger partial charge in [-0.3, -0.25) is 19.7 Å². The van der Waals surface area contributed by atoms with Crippen LogP contribution in [0.3, 0.4) is 0 Å². The third kappa shape index (κ3) is 4.14. The number of fused-ring (bicyclic) bond motifs is 1. The van der Waals surface area contributed by atoms with E-state index in [0.717, 1.165) is 34.7 Å². The molecule has 3 amide bonds. The number of rotatable bonds is 4. The summed E-state index contributed by atoms with van der Waals surface area (Å²) in [4.78, 5) is 47.1. The van der Waals surface area contributed by atoms with Crippen molar-refractivity contribution in [2.45, 2.75) is 45.3 Å². The van der Waals surface area contributed by atoms with Crippen LogP contribution in [0.5, 0.6) is 0 Å². The fourth-order valence-electron chi connectivity index (χ4n) is 4.51. The molecule has 168 valence electrons. The average molecular weight is 455 g/mol. The van der Waals surface area contributed by atoms with E-state index in [1.54, 1.807) is 4.90 Å². The summed E-state index contributed by atoms with van der Waals surface area (Å²) in [6, 6.07) is 7.81. The number of hydrogen-bond donors (Lipinski definition) is 1. The van der Waals surface area contributed by atoms with Gasteiger partial charge in [-0.15, -0.1) is 0 Å². The Morgan fingerprint density at radius 2 is 2.06 bits per heavy atom. The Morgan fingerprint density at radius 1 is 1.25 bits per heavy atom. The summed E-state index contributed by atoms with van der Waals surface area (Å²) in [6.07, 6.45) is 2.12. The van der Waals surface area contributed by atoms with Gasteiger partial charge in [-0.1, -0.05) is 29.0 Å². The summed E-state index contributed by atoms with van der Waals surface area (Å²) in [5.74, 6) is -0.488. The summed E-state index contributed by atoms with van der Waals surface area (Å²) in [6.45, 7) is 4.08. The Kier molecular flexibility index (Phi) is 5.69. The van der Waals surface area contributed by atoms with E-state index in [-0.39, 0.29) is 30.1 Å². The van der Waals surface area contributed by atoms with Crippen LogP contribution in [0.1, 0.15) is 35.4 Å². The first-order valence-electron chi connectivity index (χ1n) is 11.0. The monoisotopic (exact) mass is 454 g/mol. The van der Waals surface area contributed by atoms with Crippen molar-refractivity contribution >= 4 is 39.9 Å². The van der Waals surface area contributed by atoms with Crippen LogP contribution in [-0.4, -0.2) is 53.4 Å². The lowest BCUT2D eigenvalue weighted by atomic mass is 10.1. The molecule has 1 aromatic carbocycles. The number of carbonyl (C=O) groups is 3. The van der Waals surface area contributed by atoms with Crippen LogP contribution in [0.25, 0.3) is 0 Å². The SMILES string of the molecule is Cc1ccc(N2CC(C(=O)N3CCc4nc(NC(=O)C5CCCO5)sc4C3)CC2=O)cc1. The number of ether oxygens (including phenoxy) is 1. The van der Waals surface area contributed by atoms with Gasteiger partial charge in [0.1, 0.15) is 6.10 Å². The molecule has 32 heavy (non-hydrogen) atoms. The molecule has 2 saturated heterocycles. The number of aromatic nitrogens is 1. The number of nitrogens with zero attached hydrogens (tertiary/aromatic N) is 3. The number of hydrogen-bond acceptors (Lipinski definition) is 6. The van der Waals surface area contributed by atoms with Crippen LogP contribution >= 0.6 is 11.3 Å². The highest BCUT2D eigenvalue weighted by atomic mass is 32.1. The Bertz CT molecular complexity index is 1040. The van der Waals surface area contributed by atoms with Crippen molar-refractivity contribution in [3.63, 3.8) is 0 Å². The van der Waals surface area contributed by atoms with Gasteiger partial charge in [-0.25, -0.2) is 4.98 Å². The van der Waals surface area contributed by atoms with E-state index in [9.17, 15) is 14.4 Å². The number of aryl methyl sites for hydroxylation is 1. The van der Waals surface area contributed by atoms with Crippen molar-refractivity contribution in [3.8, 4) is 0 Å². The standard InChI is InChI=1S/C23H26N4O4S/c1-14-4-6-16(7-5-14)27-12-15(11-20(27)28)22(30)26-9-8-17-19(13-26)32-23(24-17)25-21(29)18-3-2-10-31-18/h4-7,15,18H,2-3,8-13H2,1H3,(H,24,25,29). The van der Waals surface area contributed by atoms with E-state index in [4.69, 9.17) is 4.74 Å². The van der Waals surface area contributed by atoms with Crippen molar-refractivity contribution in [1.82, 2.24) is 9.88 Å². The van der Waals surface area contributed by atoms with Crippen LogP contribution < -0.4 is 10.2 Å². The van der Waals surface area contributed by atoms with E-state index >= 15 is 0 Å². The van der Waals surface area contributed by atoms with E-state index in [0.29, 0.717) is 37.8 Å². The zero-order valence-corrected chi connectivity index (χ0v) is 18.8. The molecule has 1 aromatic heterocycles. The molecular weight excluding hydrogens is 428 g/mol. The molecule has 0 spiro atoms. The molecule has 3 aliphatic heterocycles. The van der Waals surface area contributed by atoms with Gasteiger partial charge in [0.2, 0.25) is 11.8 Å². The second-order valence-corrected chi connectivity index (χ2v) is 9.71. The molecule has 4 heterocycles. The van der Waals surface area contributed by atoms with E-state index in [2.05, 4.69) is 10.3 Å². The second-order valence-electron chi connectivity index (χ2n) is 8.63. The van der Waals surface area contributed by atoms with Crippen LogP contribution in [0.15, 0.2) is 24.3 Å². The minimum absolute atomic E-state index is 0.0111. The highest BCUT2D eigenvalue weighted by Gasteiger charge is 2.38. The van der Waals surface area contributed by atoms with Gasteiger partial charge >= 0.3 is 0 Å². The summed E-state index contributed by atoms with van der Waals surface area (Å²) in [5.41, 5.74) is 2.91. The molecule has 8 nitrogen and oxygen atoms in total. The molecule has 5 rings (SSSR count). The van der Waals surface area contributed by atoms with Crippen molar-refractivity contribution < 1.29 is 19.1 Å². The fraction of sp³-hybridized carbons (Fsp3) is 0.478. The molecule has 0 saturated carbocycles. The normalized spacial score (nSPS) is 22.8. The van der Waals surface area contributed by atoms with Gasteiger partial charge in [0.15, 0.2) is 5.13 Å². The van der Waals surface area contributed by atoms with Crippen molar-refractivity contribution in [3.05, 3.63) is 40.4 Å². The number of amides is 3. The number of nitrogens with one attached hydrogen (secondary N) is 1. The van der Waals surface area contributed by atoms with Crippen molar-refractivity contribution in [1.29, 1.82) is 0 Å². The Hall–Kier alpha value is -2.78. The molecule has 2 fully saturated rings. The predicted octanol–water partition coefficient (Wildman–Crippen LogP) is 2.51. The molecule has 1 N–H and O–H groups in total. The summed E-state index contributed by atoms with van der Waals surface area (Å²) in [5, 5.41) is 3.42. The lowest BCUT2D eigenvalue weighted by Crippen LogP contribution is -2.40. The fourth-order valence-corrected chi connectivity index (χ4v) is 5.54. The Labute approximate surface area is 190 Å². The second kappa shape index (κ2) is 8.63. The van der Waals surface area contributed by atoms with Crippen LogP contribution in [0.2, 0.25) is 0 Å². The quantitative estimate of drug-likeness (QED) is 0.767. The number of benzene rings is 1. The third-order valence-electron chi connectivity index (χ3n) is 6.32. The summed E-state index contributed by atoms with van der Waals surface area (Å²) >= 11 is 1.42. The summed E-state index contributed by atoms with van der Waals surface area (Å²) < 4.78 is 5.43. The van der Waals surface area contributed by atoms with Gasteiger partial charge in [0.25, 0.3) is 5.91 Å². The van der Waals surface area contributed by atoms with Crippen molar-refractivity contribution in [2.75, 3.05) is 29.9 Å². The van der Waals surface area contributed by atoms with Gasteiger partial charge in [0, 0.05) is 43.1 Å². The minimum atomic E-state index is -0.398. The Balaban J connectivity index is 1.22. The van der Waals surface area contributed by atoms with Crippen molar-refractivity contribution in [2.24, 2.45) is 5.92 Å². The molecular formula is C23H26N4O4S. The van der Waals surface area contributed by atoms with E-state index < -0.39 is 6.10 Å². The van der Waals surface area contributed by atoms with E-state index in [1.165, 1.54) is 11.3 Å². The lowest BCUT2D eigenvalue weighted by molar-refractivity contribution is -0.136. The maximum absolute atomic E-state index is 13.2. The zero-order valence-electron chi connectivity index (χ0n) is 18.0. The van der Waals surface area contributed by atoms with Gasteiger partial charge in [-0.05, 0) is 31.9 Å². The third-order valence-corrected chi connectivity index (χ3v) is 7.31. The van der Waals surface area contributed by atoms with Gasteiger partial charge in [0.05, 0.1) is 18.2 Å². The molecule has 0 aliphatic carbocycles. The molecule has 2 aromatic rings. The lowest BCUT2D eigenvalue weighted by Gasteiger charge is -2.28. The topological polar surface area (TPSA) is 91.8 Å². The highest BCUT2D eigenvalue weighted by Crippen LogP contribution is 2.32. The Morgan fingerprint density at radius 3 is 2.81 bits per heavy atom. The average Bonchev–Trinajstić information content (AvgIpc) is 3.53. The molecule has 0 radical (unpaired) electrons. The largest absolute Gasteiger partial charge is 0.368 e. The maximum Gasteiger partial charge on any atom is 0.255 e. The van der Waals surface area contributed by atoms with Crippen LogP contribution in [0, 0.1) is 12.8 Å². The van der Waals surface area contributed by atoms with Gasteiger partial charge < -0.3 is 14.5 Å². The predicted molar refractivity (Wildman–Crippen MR) is 120 cm³/mol. The summed E-state index contributed by atoms with van der Waals surface area (Å²) in [7, 11) is 0. The van der Waals surface area contributed by atoms with Crippen LogP contribution in [0.4, 0.5) is 10.8 Å². The minimum Gasteiger partial charge on any atom is -0.368 e. The maximum atomic E-state index is 13.2. The zero-order chi connectivity index (χ0) is 22.2. The number of carbonyl (C=O) groups excluding carboxylic acids is 3. The molecule has 2 unspecified atom stereocenters. The number of anilines is 2. The smallest absolute Gasteiger partial charge is 0.255 e. The highest BCUT2D eigenvalue weighted by molar-refractivity contribution is 7.15. The first-order valence-corrected chi connectivity index (χ1v) is 11.9. The van der Waals surface area contributed by atoms with Crippen LogP contribution in [-0.2, 0) is 32.1 Å².